The average Bonchev–Trinajstić information content (AvgIpc) is 3.39. The Morgan fingerprint density at radius 2 is 2.00 bits per heavy atom. The Labute approximate surface area is 185 Å². The topological polar surface area (TPSA) is 92.7 Å². The zero-order valence-corrected chi connectivity index (χ0v) is 17.8. The molecule has 0 radical (unpaired) electrons. The third-order valence-electron chi connectivity index (χ3n) is 5.75. The number of carbonyl (C=O) groups excluding carboxylic acids is 2. The summed E-state index contributed by atoms with van der Waals surface area (Å²) in [5.41, 5.74) is 6.08. The van der Waals surface area contributed by atoms with E-state index in [0.29, 0.717) is 24.4 Å². The second-order valence-corrected chi connectivity index (χ2v) is 8.03. The van der Waals surface area contributed by atoms with Gasteiger partial charge in [0.15, 0.2) is 11.5 Å². The van der Waals surface area contributed by atoms with Gasteiger partial charge in [0.05, 0.1) is 5.69 Å². The number of fused-ring (bicyclic) bond motifs is 1. The van der Waals surface area contributed by atoms with Gasteiger partial charge in [-0.15, -0.1) is 0 Å². The molecule has 5 rings (SSSR count). The molecule has 7 heteroatoms. The van der Waals surface area contributed by atoms with Gasteiger partial charge in [0.25, 0.3) is 5.91 Å². The van der Waals surface area contributed by atoms with E-state index in [1.807, 2.05) is 30.3 Å². The Kier molecular flexibility index (Phi) is 5.15. The number of benzene rings is 1. The first kappa shape index (κ1) is 19.9. The third-order valence-corrected chi connectivity index (χ3v) is 5.75. The highest BCUT2D eigenvalue weighted by molar-refractivity contribution is 6.03. The number of aromatic nitrogens is 4. The first-order chi connectivity index (χ1) is 15.6. The van der Waals surface area contributed by atoms with Crippen LogP contribution in [0.5, 0.6) is 0 Å². The highest BCUT2D eigenvalue weighted by atomic mass is 16.2. The molecule has 0 spiro atoms. The number of pyridine rings is 1. The molecule has 32 heavy (non-hydrogen) atoms. The Morgan fingerprint density at radius 3 is 2.78 bits per heavy atom. The number of rotatable bonds is 5. The van der Waals surface area contributed by atoms with Crippen LogP contribution in [-0.4, -0.2) is 31.4 Å². The lowest BCUT2D eigenvalue weighted by atomic mass is 9.90. The smallest absolute Gasteiger partial charge is 0.277 e. The number of nitrogens with one attached hydrogen (secondary N) is 2. The van der Waals surface area contributed by atoms with Crippen LogP contribution in [0.3, 0.4) is 0 Å². The van der Waals surface area contributed by atoms with E-state index in [-0.39, 0.29) is 11.7 Å². The molecule has 1 amide bonds. The zero-order valence-electron chi connectivity index (χ0n) is 17.8. The summed E-state index contributed by atoms with van der Waals surface area (Å²) in [6.45, 7) is 0. The maximum Gasteiger partial charge on any atom is 0.277 e. The molecule has 1 aromatic carbocycles. The summed E-state index contributed by atoms with van der Waals surface area (Å²) in [7, 11) is 1.76. The van der Waals surface area contributed by atoms with Gasteiger partial charge in [0, 0.05) is 49.1 Å². The lowest BCUT2D eigenvalue weighted by Gasteiger charge is -2.12. The molecule has 160 valence electrons. The maximum atomic E-state index is 12.8. The number of anilines is 1. The summed E-state index contributed by atoms with van der Waals surface area (Å²) >= 11 is 0. The van der Waals surface area contributed by atoms with Crippen molar-refractivity contribution in [3.8, 4) is 11.3 Å². The van der Waals surface area contributed by atoms with Crippen molar-refractivity contribution < 1.29 is 9.59 Å². The van der Waals surface area contributed by atoms with Gasteiger partial charge in [-0.2, -0.15) is 5.10 Å². The molecular weight excluding hydrogens is 402 g/mol. The van der Waals surface area contributed by atoms with Crippen LogP contribution >= 0.6 is 0 Å². The number of aryl methyl sites for hydroxylation is 2. The SMILES string of the molecule is Cn1ccc(C(=O)Nc2cc(-c3[nH]c4c(c3Cc3ccccc3)C(=O)CCC4)ccn2)n1. The molecule has 3 heterocycles. The summed E-state index contributed by atoms with van der Waals surface area (Å²) in [4.78, 5) is 33.1. The molecule has 0 aliphatic heterocycles. The van der Waals surface area contributed by atoms with Crippen LogP contribution in [0, 0.1) is 0 Å². The second kappa shape index (κ2) is 8.26. The van der Waals surface area contributed by atoms with Gasteiger partial charge >= 0.3 is 0 Å². The first-order valence-corrected chi connectivity index (χ1v) is 10.7. The standard InChI is InChI=1S/C25H23N5O2/c1-30-13-11-20(29-30)25(32)28-22-15-17(10-12-26-22)24-18(14-16-6-3-2-4-7-16)23-19(27-24)8-5-9-21(23)31/h2-4,6-7,10-13,15,27H,5,8-9,14H2,1H3,(H,26,28,32). The van der Waals surface area contributed by atoms with E-state index >= 15 is 0 Å². The van der Waals surface area contributed by atoms with E-state index in [1.165, 1.54) is 0 Å². The monoisotopic (exact) mass is 425 g/mol. The van der Waals surface area contributed by atoms with Gasteiger partial charge in [-0.1, -0.05) is 30.3 Å². The molecule has 2 N–H and O–H groups in total. The van der Waals surface area contributed by atoms with Crippen LogP contribution in [0.25, 0.3) is 11.3 Å². The second-order valence-electron chi connectivity index (χ2n) is 8.03. The number of nitrogens with zero attached hydrogens (tertiary/aromatic N) is 3. The molecule has 0 atom stereocenters. The predicted octanol–water partition coefficient (Wildman–Crippen LogP) is 4.17. The molecule has 0 unspecified atom stereocenters. The quantitative estimate of drug-likeness (QED) is 0.502. The molecule has 4 aromatic rings. The molecule has 0 fully saturated rings. The van der Waals surface area contributed by atoms with Gasteiger partial charge in [-0.05, 0) is 42.2 Å². The lowest BCUT2D eigenvalue weighted by molar-refractivity contribution is 0.0970. The van der Waals surface area contributed by atoms with Crippen molar-refractivity contribution in [2.45, 2.75) is 25.7 Å². The Balaban J connectivity index is 1.52. The van der Waals surface area contributed by atoms with Crippen LogP contribution in [0.4, 0.5) is 5.82 Å². The van der Waals surface area contributed by atoms with Crippen molar-refractivity contribution in [2.75, 3.05) is 5.32 Å². The molecular formula is C25H23N5O2. The van der Waals surface area contributed by atoms with Gasteiger partial charge in [0.2, 0.25) is 0 Å². The molecule has 0 saturated heterocycles. The minimum absolute atomic E-state index is 0.192. The number of carbonyl (C=O) groups is 2. The number of hydrogen-bond donors (Lipinski definition) is 2. The molecule has 1 aliphatic carbocycles. The van der Waals surface area contributed by atoms with Crippen LogP contribution < -0.4 is 5.32 Å². The van der Waals surface area contributed by atoms with Crippen LogP contribution in [0.2, 0.25) is 0 Å². The van der Waals surface area contributed by atoms with E-state index in [0.717, 1.165) is 46.5 Å². The minimum Gasteiger partial charge on any atom is -0.358 e. The molecule has 7 nitrogen and oxygen atoms in total. The van der Waals surface area contributed by atoms with Crippen molar-refractivity contribution in [2.24, 2.45) is 7.05 Å². The van der Waals surface area contributed by atoms with Gasteiger partial charge in [-0.25, -0.2) is 4.98 Å². The van der Waals surface area contributed by atoms with E-state index < -0.39 is 0 Å². The van der Waals surface area contributed by atoms with Crippen LogP contribution in [0.1, 0.15) is 50.5 Å². The van der Waals surface area contributed by atoms with E-state index in [1.54, 1.807) is 30.2 Å². The highest BCUT2D eigenvalue weighted by Gasteiger charge is 2.26. The summed E-state index contributed by atoms with van der Waals surface area (Å²) in [6.07, 6.45) is 6.33. The van der Waals surface area contributed by atoms with Crippen molar-refractivity contribution in [3.63, 3.8) is 0 Å². The maximum absolute atomic E-state index is 12.8. The van der Waals surface area contributed by atoms with Crippen LogP contribution in [-0.2, 0) is 19.9 Å². The predicted molar refractivity (Wildman–Crippen MR) is 122 cm³/mol. The number of H-pyrrole nitrogens is 1. The number of amides is 1. The van der Waals surface area contributed by atoms with Crippen LogP contribution in [0.15, 0.2) is 60.9 Å². The van der Waals surface area contributed by atoms with Crippen molar-refractivity contribution in [3.05, 3.63) is 89.0 Å². The molecule has 1 aliphatic rings. The third kappa shape index (κ3) is 3.85. The fourth-order valence-electron chi connectivity index (χ4n) is 4.26. The number of aromatic amines is 1. The fourth-order valence-corrected chi connectivity index (χ4v) is 4.26. The normalized spacial score (nSPS) is 13.1. The minimum atomic E-state index is -0.319. The highest BCUT2D eigenvalue weighted by Crippen LogP contribution is 2.35. The van der Waals surface area contributed by atoms with Crippen molar-refractivity contribution in [1.82, 2.24) is 19.7 Å². The summed E-state index contributed by atoms with van der Waals surface area (Å²) in [5, 5.41) is 6.95. The van der Waals surface area contributed by atoms with Crippen molar-refractivity contribution in [1.29, 1.82) is 0 Å². The lowest BCUT2D eigenvalue weighted by Crippen LogP contribution is -2.14. The molecule has 0 bridgehead atoms. The number of Topliss-reactive ketones (excluding diaryl/α,β-unsaturated/α-hetero) is 1. The van der Waals surface area contributed by atoms with Crippen molar-refractivity contribution >= 4 is 17.5 Å². The first-order valence-electron chi connectivity index (χ1n) is 10.7. The van der Waals surface area contributed by atoms with E-state index in [2.05, 4.69) is 32.5 Å². The Morgan fingerprint density at radius 1 is 1.16 bits per heavy atom. The Hall–Kier alpha value is -4.00. The largest absolute Gasteiger partial charge is 0.358 e. The number of hydrogen-bond acceptors (Lipinski definition) is 4. The Bertz CT molecular complexity index is 1300. The molecule has 0 saturated carbocycles. The van der Waals surface area contributed by atoms with E-state index in [4.69, 9.17) is 0 Å². The van der Waals surface area contributed by atoms with E-state index in [9.17, 15) is 9.59 Å². The summed E-state index contributed by atoms with van der Waals surface area (Å²) in [6, 6.07) is 15.5. The zero-order chi connectivity index (χ0) is 22.1. The van der Waals surface area contributed by atoms with Gasteiger partial charge < -0.3 is 10.3 Å². The summed E-state index contributed by atoms with van der Waals surface area (Å²) < 4.78 is 1.58. The van der Waals surface area contributed by atoms with Gasteiger partial charge in [0.1, 0.15) is 5.82 Å². The summed E-state index contributed by atoms with van der Waals surface area (Å²) in [5.74, 6) is 0.306. The van der Waals surface area contributed by atoms with Gasteiger partial charge in [-0.3, -0.25) is 14.3 Å². The average molecular weight is 425 g/mol. The molecule has 3 aromatic heterocycles. The fraction of sp³-hybridized carbons (Fsp3) is 0.200. The number of ketones is 1.